The number of aromatic nitrogens is 1. The van der Waals surface area contributed by atoms with Crippen LogP contribution in [-0.2, 0) is 12.1 Å². The largest absolute Gasteiger partial charge is 0.322 e. The summed E-state index contributed by atoms with van der Waals surface area (Å²) < 4.78 is 14.9. The first-order valence-electron chi connectivity index (χ1n) is 7.49. The molecule has 0 bridgehead atoms. The molecule has 2 rings (SSSR count). The number of rotatable bonds is 4. The molecule has 0 saturated carbocycles. The normalized spacial score (nSPS) is 12.0. The molecule has 0 aliphatic carbocycles. The maximum atomic E-state index is 13.1. The molecule has 1 aromatic carbocycles. The molecule has 0 atom stereocenters. The maximum absolute atomic E-state index is 13.1. The lowest BCUT2D eigenvalue weighted by molar-refractivity contribution is 0.491. The highest BCUT2D eigenvalue weighted by Crippen LogP contribution is 2.22. The summed E-state index contributed by atoms with van der Waals surface area (Å²) in [5, 5.41) is 0. The number of benzene rings is 1. The lowest BCUT2D eigenvalue weighted by atomic mass is 9.95. The number of halogens is 1. The van der Waals surface area contributed by atoms with Crippen molar-refractivity contribution in [2.75, 3.05) is 0 Å². The van der Waals surface area contributed by atoms with Crippen molar-refractivity contribution in [3.63, 3.8) is 0 Å². The minimum Gasteiger partial charge on any atom is -0.322 e. The maximum Gasteiger partial charge on any atom is 0.256 e. The third-order valence-electron chi connectivity index (χ3n) is 3.56. The molecule has 0 saturated heterocycles. The van der Waals surface area contributed by atoms with Crippen molar-refractivity contribution in [2.24, 2.45) is 11.7 Å². The molecule has 2 aromatic rings. The average molecular weight is 302 g/mol. The van der Waals surface area contributed by atoms with Crippen LogP contribution >= 0.6 is 0 Å². The van der Waals surface area contributed by atoms with E-state index in [4.69, 9.17) is 5.73 Å². The van der Waals surface area contributed by atoms with Gasteiger partial charge < -0.3 is 10.3 Å². The summed E-state index contributed by atoms with van der Waals surface area (Å²) in [6, 6.07) is 9.85. The fourth-order valence-corrected chi connectivity index (χ4v) is 2.49. The number of pyridine rings is 1. The van der Waals surface area contributed by atoms with E-state index in [1.165, 1.54) is 12.1 Å². The summed E-state index contributed by atoms with van der Waals surface area (Å²) in [4.78, 5) is 12.8. The quantitative estimate of drug-likeness (QED) is 0.939. The third-order valence-corrected chi connectivity index (χ3v) is 3.56. The number of nitrogens with zero attached hydrogens (tertiary/aromatic N) is 1. The van der Waals surface area contributed by atoms with Crippen molar-refractivity contribution >= 4 is 0 Å². The van der Waals surface area contributed by atoms with E-state index in [1.54, 1.807) is 22.8 Å². The summed E-state index contributed by atoms with van der Waals surface area (Å²) >= 11 is 0. The smallest absolute Gasteiger partial charge is 0.256 e. The van der Waals surface area contributed by atoms with Gasteiger partial charge in [0.15, 0.2) is 0 Å². The van der Waals surface area contributed by atoms with Gasteiger partial charge in [-0.05, 0) is 61.7 Å². The lowest BCUT2D eigenvalue weighted by Gasteiger charge is -2.22. The molecule has 2 N–H and O–H groups in total. The van der Waals surface area contributed by atoms with Crippen molar-refractivity contribution in [1.82, 2.24) is 4.57 Å². The van der Waals surface area contributed by atoms with Gasteiger partial charge in [-0.1, -0.05) is 13.8 Å². The van der Waals surface area contributed by atoms with Crippen molar-refractivity contribution < 1.29 is 4.39 Å². The monoisotopic (exact) mass is 302 g/mol. The van der Waals surface area contributed by atoms with Crippen LogP contribution in [-0.4, -0.2) is 4.57 Å². The van der Waals surface area contributed by atoms with Gasteiger partial charge in [0.05, 0.1) is 5.69 Å². The van der Waals surface area contributed by atoms with E-state index in [1.807, 2.05) is 19.9 Å². The van der Waals surface area contributed by atoms with Crippen LogP contribution in [0.1, 0.15) is 33.3 Å². The molecule has 0 spiro atoms. The zero-order chi connectivity index (χ0) is 16.5. The van der Waals surface area contributed by atoms with E-state index in [-0.39, 0.29) is 11.4 Å². The first-order chi connectivity index (χ1) is 10.2. The Morgan fingerprint density at radius 1 is 1.14 bits per heavy atom. The molecule has 4 heteroatoms. The lowest BCUT2D eigenvalue weighted by Crippen LogP contribution is -2.38. The minimum absolute atomic E-state index is 0.0805. The van der Waals surface area contributed by atoms with E-state index in [9.17, 15) is 9.18 Å². The molecular formula is C18H23FN2O. The van der Waals surface area contributed by atoms with Gasteiger partial charge in [-0.25, -0.2) is 4.39 Å². The number of nitrogens with two attached hydrogens (primary N) is 1. The molecule has 0 radical (unpaired) electrons. The van der Waals surface area contributed by atoms with Crippen molar-refractivity contribution in [2.45, 2.75) is 39.8 Å². The summed E-state index contributed by atoms with van der Waals surface area (Å²) in [6.45, 7) is 8.35. The molecule has 3 nitrogen and oxygen atoms in total. The SMILES string of the molecule is CC(C)Cn1c(-c2ccc(F)cc2)ccc(C(C)(C)N)c1=O. The average Bonchev–Trinajstić information content (AvgIpc) is 2.40. The van der Waals surface area contributed by atoms with Gasteiger partial charge in [0.2, 0.25) is 0 Å². The number of hydrogen-bond acceptors (Lipinski definition) is 2. The highest BCUT2D eigenvalue weighted by atomic mass is 19.1. The second kappa shape index (κ2) is 6.05. The Labute approximate surface area is 130 Å². The van der Waals surface area contributed by atoms with E-state index in [0.717, 1.165) is 11.3 Å². The standard InChI is InChI=1S/C18H23FN2O/c1-12(2)11-21-16(13-5-7-14(19)8-6-13)10-9-15(17(21)22)18(3,4)20/h5-10,12H,11,20H2,1-4H3. The van der Waals surface area contributed by atoms with E-state index in [2.05, 4.69) is 13.8 Å². The third kappa shape index (κ3) is 3.45. The van der Waals surface area contributed by atoms with Crippen LogP contribution in [0.15, 0.2) is 41.2 Å². The van der Waals surface area contributed by atoms with Gasteiger partial charge >= 0.3 is 0 Å². The molecule has 0 aliphatic rings. The van der Waals surface area contributed by atoms with Crippen LogP contribution in [0.3, 0.4) is 0 Å². The van der Waals surface area contributed by atoms with Gasteiger partial charge in [0, 0.05) is 17.6 Å². The Hall–Kier alpha value is -1.94. The molecular weight excluding hydrogens is 279 g/mol. The zero-order valence-electron chi connectivity index (χ0n) is 13.6. The molecule has 1 heterocycles. The molecule has 0 aliphatic heterocycles. The zero-order valence-corrected chi connectivity index (χ0v) is 13.6. The predicted molar refractivity (Wildman–Crippen MR) is 88.1 cm³/mol. The van der Waals surface area contributed by atoms with Crippen LogP contribution < -0.4 is 11.3 Å². The Kier molecular flexibility index (Phi) is 4.52. The Bertz CT molecular complexity index is 709. The summed E-state index contributed by atoms with van der Waals surface area (Å²) in [5.74, 6) is 0.0225. The van der Waals surface area contributed by atoms with Crippen molar-refractivity contribution in [3.05, 3.63) is 58.1 Å². The van der Waals surface area contributed by atoms with E-state index in [0.29, 0.717) is 18.0 Å². The molecule has 22 heavy (non-hydrogen) atoms. The highest BCUT2D eigenvalue weighted by molar-refractivity contribution is 5.60. The van der Waals surface area contributed by atoms with Crippen LogP contribution in [0.5, 0.6) is 0 Å². The predicted octanol–water partition coefficient (Wildman–Crippen LogP) is 3.50. The summed E-state index contributed by atoms with van der Waals surface area (Å²) in [5.41, 5.74) is 7.51. The minimum atomic E-state index is -0.697. The molecule has 118 valence electrons. The van der Waals surface area contributed by atoms with E-state index >= 15 is 0 Å². The van der Waals surface area contributed by atoms with Crippen molar-refractivity contribution in [3.8, 4) is 11.3 Å². The fourth-order valence-electron chi connectivity index (χ4n) is 2.49. The van der Waals surface area contributed by atoms with Crippen molar-refractivity contribution in [1.29, 1.82) is 0 Å². The molecule has 0 amide bonds. The number of hydrogen-bond donors (Lipinski definition) is 1. The first-order valence-corrected chi connectivity index (χ1v) is 7.49. The van der Waals surface area contributed by atoms with Gasteiger partial charge in [-0.15, -0.1) is 0 Å². The summed E-state index contributed by atoms with van der Waals surface area (Å²) in [6.07, 6.45) is 0. The fraction of sp³-hybridized carbons (Fsp3) is 0.389. The molecule has 0 fully saturated rings. The van der Waals surface area contributed by atoms with Gasteiger partial charge in [0.25, 0.3) is 5.56 Å². The summed E-state index contributed by atoms with van der Waals surface area (Å²) in [7, 11) is 0. The van der Waals surface area contributed by atoms with Crippen LogP contribution in [0, 0.1) is 11.7 Å². The van der Waals surface area contributed by atoms with Crippen LogP contribution in [0.4, 0.5) is 4.39 Å². The topological polar surface area (TPSA) is 48.0 Å². The van der Waals surface area contributed by atoms with Gasteiger partial charge in [-0.3, -0.25) is 4.79 Å². The Balaban J connectivity index is 2.66. The van der Waals surface area contributed by atoms with Gasteiger partial charge in [-0.2, -0.15) is 0 Å². The molecule has 1 aromatic heterocycles. The second-order valence-corrected chi connectivity index (χ2v) is 6.67. The molecule has 0 unspecified atom stereocenters. The van der Waals surface area contributed by atoms with Gasteiger partial charge in [0.1, 0.15) is 5.82 Å². The Morgan fingerprint density at radius 2 is 1.73 bits per heavy atom. The Morgan fingerprint density at radius 3 is 2.23 bits per heavy atom. The second-order valence-electron chi connectivity index (χ2n) is 6.67. The first kappa shape index (κ1) is 16.4. The van der Waals surface area contributed by atoms with Crippen LogP contribution in [0.25, 0.3) is 11.3 Å². The van der Waals surface area contributed by atoms with E-state index < -0.39 is 5.54 Å². The van der Waals surface area contributed by atoms with Crippen LogP contribution in [0.2, 0.25) is 0 Å². The highest BCUT2D eigenvalue weighted by Gasteiger charge is 2.21.